The highest BCUT2D eigenvalue weighted by atomic mass is 32.2. The summed E-state index contributed by atoms with van der Waals surface area (Å²) in [7, 11) is -1.98. The van der Waals surface area contributed by atoms with Crippen LogP contribution in [0.2, 0.25) is 0 Å². The maximum Gasteiger partial charge on any atom is 0.260 e. The van der Waals surface area contributed by atoms with E-state index in [9.17, 15) is 8.42 Å². The number of aromatic nitrogens is 2. The Morgan fingerprint density at radius 1 is 1.43 bits per heavy atom. The first-order valence-electron chi connectivity index (χ1n) is 7.52. The fourth-order valence-electron chi connectivity index (χ4n) is 3.52. The van der Waals surface area contributed by atoms with Crippen molar-refractivity contribution in [3.05, 3.63) is 6.33 Å². The average molecular weight is 314 g/mol. The van der Waals surface area contributed by atoms with E-state index in [1.807, 2.05) is 0 Å². The molecule has 120 valence electrons. The summed E-state index contributed by atoms with van der Waals surface area (Å²) in [6.07, 6.45) is 7.02. The number of imidazole rings is 1. The first-order valence-corrected chi connectivity index (χ1v) is 9.00. The van der Waals surface area contributed by atoms with Gasteiger partial charge in [0.15, 0.2) is 10.8 Å². The number of rotatable bonds is 6. The first kappa shape index (κ1) is 16.3. The Labute approximate surface area is 127 Å². The van der Waals surface area contributed by atoms with Gasteiger partial charge in [0.25, 0.3) is 10.0 Å². The zero-order valence-electron chi connectivity index (χ0n) is 13.1. The molecule has 0 unspecified atom stereocenters. The lowest BCUT2D eigenvalue weighted by atomic mass is 9.79. The van der Waals surface area contributed by atoms with Gasteiger partial charge >= 0.3 is 0 Å². The predicted molar refractivity (Wildman–Crippen MR) is 83.2 cm³/mol. The summed E-state index contributed by atoms with van der Waals surface area (Å²) in [6.45, 7) is 4.86. The number of nitrogens with one attached hydrogen (secondary N) is 1. The Balaban J connectivity index is 2.14. The van der Waals surface area contributed by atoms with Crippen LogP contribution >= 0.6 is 0 Å². The Kier molecular flexibility index (Phi) is 4.63. The van der Waals surface area contributed by atoms with Crippen molar-refractivity contribution >= 4 is 15.8 Å². The van der Waals surface area contributed by atoms with Crippen LogP contribution in [0.25, 0.3) is 0 Å². The van der Waals surface area contributed by atoms with Crippen molar-refractivity contribution in [3.8, 4) is 0 Å². The lowest BCUT2D eigenvalue weighted by Crippen LogP contribution is -2.37. The molecule has 0 aliphatic heterocycles. The summed E-state index contributed by atoms with van der Waals surface area (Å²) < 4.78 is 29.1. The lowest BCUT2D eigenvalue weighted by molar-refractivity contribution is 0.236. The molecule has 1 aromatic heterocycles. The molecule has 21 heavy (non-hydrogen) atoms. The number of hydrogen-bond acceptors (Lipinski definition) is 4. The fraction of sp³-hybridized carbons (Fsp3) is 0.786. The Hall–Kier alpha value is -1.08. The minimum absolute atomic E-state index is 0.0503. The van der Waals surface area contributed by atoms with Gasteiger partial charge in [0.2, 0.25) is 0 Å². The quantitative estimate of drug-likeness (QED) is 0.839. The molecule has 7 heteroatoms. The minimum atomic E-state index is -3.61. The maximum absolute atomic E-state index is 12.5. The van der Waals surface area contributed by atoms with Gasteiger partial charge in [-0.05, 0) is 30.6 Å². The second kappa shape index (κ2) is 5.96. The Morgan fingerprint density at radius 3 is 2.52 bits per heavy atom. The number of aryl methyl sites for hydroxylation is 1. The summed E-state index contributed by atoms with van der Waals surface area (Å²) in [5, 5.41) is 0.0557. The predicted octanol–water partition coefficient (Wildman–Crippen LogP) is 1.89. The van der Waals surface area contributed by atoms with Crippen molar-refractivity contribution in [2.24, 2.45) is 18.4 Å². The van der Waals surface area contributed by atoms with E-state index in [1.54, 1.807) is 7.05 Å². The van der Waals surface area contributed by atoms with Crippen molar-refractivity contribution in [1.29, 1.82) is 0 Å². The molecule has 2 rings (SSSR count). The van der Waals surface area contributed by atoms with E-state index in [1.165, 1.54) is 23.7 Å². The highest BCUT2D eigenvalue weighted by molar-refractivity contribution is 7.89. The zero-order valence-corrected chi connectivity index (χ0v) is 13.9. The van der Waals surface area contributed by atoms with Crippen molar-refractivity contribution in [2.45, 2.75) is 51.0 Å². The van der Waals surface area contributed by atoms with Crippen LogP contribution in [0.1, 0.15) is 46.0 Å². The van der Waals surface area contributed by atoms with Gasteiger partial charge in [0.1, 0.15) is 0 Å². The van der Waals surface area contributed by atoms with Crippen LogP contribution < -0.4 is 10.5 Å². The maximum atomic E-state index is 12.5. The van der Waals surface area contributed by atoms with Gasteiger partial charge in [0, 0.05) is 13.6 Å². The molecule has 1 aliphatic rings. The summed E-state index contributed by atoms with van der Waals surface area (Å²) in [4.78, 5) is 3.85. The third-order valence-corrected chi connectivity index (χ3v) is 5.84. The van der Waals surface area contributed by atoms with E-state index in [4.69, 9.17) is 5.73 Å². The van der Waals surface area contributed by atoms with Gasteiger partial charge in [-0.2, -0.15) is 0 Å². The molecule has 0 bridgehead atoms. The highest BCUT2D eigenvalue weighted by Crippen LogP contribution is 2.42. The molecule has 0 saturated heterocycles. The summed E-state index contributed by atoms with van der Waals surface area (Å²) in [5.74, 6) is 0.615. The number of nitrogen functional groups attached to an aromatic ring is 1. The number of nitrogens with two attached hydrogens (primary N) is 1. The molecule has 1 heterocycles. The highest BCUT2D eigenvalue weighted by Gasteiger charge is 2.36. The number of anilines is 1. The van der Waals surface area contributed by atoms with E-state index in [0.717, 1.165) is 19.3 Å². The van der Waals surface area contributed by atoms with Crippen molar-refractivity contribution in [1.82, 2.24) is 14.3 Å². The Morgan fingerprint density at radius 2 is 2.05 bits per heavy atom. The molecule has 0 atom stereocenters. The van der Waals surface area contributed by atoms with Crippen LogP contribution in [0.3, 0.4) is 0 Å². The lowest BCUT2D eigenvalue weighted by Gasteiger charge is -2.31. The molecule has 0 spiro atoms. The van der Waals surface area contributed by atoms with E-state index in [-0.39, 0.29) is 16.3 Å². The number of hydrogen-bond donors (Lipinski definition) is 2. The second-order valence-corrected chi connectivity index (χ2v) is 8.36. The minimum Gasteiger partial charge on any atom is -0.381 e. The van der Waals surface area contributed by atoms with Crippen molar-refractivity contribution in [2.75, 3.05) is 12.3 Å². The molecule has 1 saturated carbocycles. The van der Waals surface area contributed by atoms with Crippen LogP contribution in [0.4, 0.5) is 5.82 Å². The van der Waals surface area contributed by atoms with Crippen LogP contribution in [-0.4, -0.2) is 24.5 Å². The van der Waals surface area contributed by atoms with Crippen LogP contribution in [0.15, 0.2) is 11.4 Å². The zero-order chi connectivity index (χ0) is 15.7. The molecular formula is C14H26N4O2S. The molecule has 0 aromatic carbocycles. The fourth-order valence-corrected chi connectivity index (χ4v) is 4.91. The third kappa shape index (κ3) is 3.58. The number of nitrogens with zero attached hydrogens (tertiary/aromatic N) is 2. The van der Waals surface area contributed by atoms with Crippen molar-refractivity contribution < 1.29 is 8.42 Å². The molecule has 1 fully saturated rings. The summed E-state index contributed by atoms with van der Waals surface area (Å²) in [6, 6.07) is 0. The average Bonchev–Trinajstić information content (AvgIpc) is 2.95. The SMILES string of the molecule is CC(C)CC1(CNS(=O)(=O)c2c(N)ncn2C)CCCC1. The van der Waals surface area contributed by atoms with Gasteiger partial charge in [-0.1, -0.05) is 26.7 Å². The van der Waals surface area contributed by atoms with Gasteiger partial charge in [-0.15, -0.1) is 0 Å². The van der Waals surface area contributed by atoms with Gasteiger partial charge < -0.3 is 10.3 Å². The van der Waals surface area contributed by atoms with E-state index in [0.29, 0.717) is 12.5 Å². The van der Waals surface area contributed by atoms with Crippen molar-refractivity contribution in [3.63, 3.8) is 0 Å². The molecular weight excluding hydrogens is 288 g/mol. The van der Waals surface area contributed by atoms with Crippen LogP contribution in [0.5, 0.6) is 0 Å². The van der Waals surface area contributed by atoms with Gasteiger partial charge in [0.05, 0.1) is 6.33 Å². The Bertz CT molecular complexity index is 567. The normalized spacial score (nSPS) is 18.5. The van der Waals surface area contributed by atoms with E-state index in [2.05, 4.69) is 23.6 Å². The van der Waals surface area contributed by atoms with Crippen LogP contribution in [-0.2, 0) is 17.1 Å². The van der Waals surface area contributed by atoms with E-state index >= 15 is 0 Å². The molecule has 1 aromatic rings. The number of sulfonamides is 1. The second-order valence-electron chi connectivity index (χ2n) is 6.68. The molecule has 0 amide bonds. The molecule has 1 aliphatic carbocycles. The standard InChI is InChI=1S/C14H26N4O2S/c1-11(2)8-14(6-4-5-7-14)9-17-21(19,20)13-12(15)16-10-18(13)3/h10-11,17H,4-9,15H2,1-3H3. The van der Waals surface area contributed by atoms with Crippen LogP contribution in [0, 0.1) is 11.3 Å². The molecule has 6 nitrogen and oxygen atoms in total. The molecule has 0 radical (unpaired) electrons. The largest absolute Gasteiger partial charge is 0.381 e. The smallest absolute Gasteiger partial charge is 0.260 e. The summed E-state index contributed by atoms with van der Waals surface area (Å²) >= 11 is 0. The monoisotopic (exact) mass is 314 g/mol. The van der Waals surface area contributed by atoms with Gasteiger partial charge in [-0.25, -0.2) is 18.1 Å². The van der Waals surface area contributed by atoms with Gasteiger partial charge in [-0.3, -0.25) is 0 Å². The van der Waals surface area contributed by atoms with E-state index < -0.39 is 10.0 Å². The first-order chi connectivity index (χ1) is 9.76. The third-order valence-electron chi connectivity index (χ3n) is 4.31. The topological polar surface area (TPSA) is 90.0 Å². The summed E-state index contributed by atoms with van der Waals surface area (Å²) in [5.41, 5.74) is 5.77. The molecule has 3 N–H and O–H groups in total.